The molecule has 0 aromatic heterocycles. The molecule has 0 saturated carbocycles. The highest BCUT2D eigenvalue weighted by Gasteiger charge is 2.28. The van der Waals surface area contributed by atoms with E-state index < -0.39 is 17.7 Å². The molecule has 2 rings (SSSR count). The molecule has 2 amide bonds. The summed E-state index contributed by atoms with van der Waals surface area (Å²) < 4.78 is 22.6. The Morgan fingerprint density at radius 1 is 1.18 bits per heavy atom. The van der Waals surface area contributed by atoms with Gasteiger partial charge in [-0.25, -0.2) is 4.79 Å². The average molecular weight is 466 g/mol. The molecular formula is C24H39N3O6. The molecule has 33 heavy (non-hydrogen) atoms. The number of nitrogens with zero attached hydrogens (tertiary/aromatic N) is 1. The van der Waals surface area contributed by atoms with E-state index in [0.717, 1.165) is 0 Å². The Morgan fingerprint density at radius 2 is 1.85 bits per heavy atom. The van der Waals surface area contributed by atoms with Crippen molar-refractivity contribution in [1.29, 1.82) is 0 Å². The van der Waals surface area contributed by atoms with E-state index in [4.69, 9.17) is 18.9 Å². The maximum atomic E-state index is 12.7. The van der Waals surface area contributed by atoms with Crippen LogP contribution in [-0.2, 0) is 14.3 Å². The SMILES string of the molecule is CCOc1ccccc1OCC1CN(CNC(=O)[C@H](NC(=O)OC(C)(C)C)C(C)C)CCO1. The third-order valence-electron chi connectivity index (χ3n) is 4.89. The molecule has 1 heterocycles. The second-order valence-electron chi connectivity index (χ2n) is 9.33. The zero-order valence-electron chi connectivity index (χ0n) is 20.7. The summed E-state index contributed by atoms with van der Waals surface area (Å²) in [6.07, 6.45) is -0.738. The Hall–Kier alpha value is -2.52. The third-order valence-corrected chi connectivity index (χ3v) is 4.89. The van der Waals surface area contributed by atoms with Crippen LogP contribution in [-0.4, -0.2) is 74.2 Å². The molecule has 0 spiro atoms. The number of benzene rings is 1. The van der Waals surface area contributed by atoms with Crippen LogP contribution < -0.4 is 20.1 Å². The fourth-order valence-electron chi connectivity index (χ4n) is 3.32. The molecule has 1 saturated heterocycles. The standard InChI is InChI=1S/C24H39N3O6/c1-7-30-19-10-8-9-11-20(19)32-15-18-14-27(12-13-31-18)16-25-22(28)21(17(2)3)26-23(29)33-24(4,5)6/h8-11,17-18,21H,7,12-16H2,1-6H3,(H,25,28)(H,26,29)/t18?,21-/m1/s1. The largest absolute Gasteiger partial charge is 0.490 e. The first kappa shape index (κ1) is 26.7. The summed E-state index contributed by atoms with van der Waals surface area (Å²) in [7, 11) is 0. The predicted molar refractivity (Wildman–Crippen MR) is 125 cm³/mol. The summed E-state index contributed by atoms with van der Waals surface area (Å²) in [5.74, 6) is 1.05. The second kappa shape index (κ2) is 12.6. The quantitative estimate of drug-likeness (QED) is 0.548. The summed E-state index contributed by atoms with van der Waals surface area (Å²) in [5.41, 5.74) is -0.629. The number of carbonyl (C=O) groups excluding carboxylic acids is 2. The first-order chi connectivity index (χ1) is 15.6. The van der Waals surface area contributed by atoms with Crippen LogP contribution in [0.1, 0.15) is 41.5 Å². The topological polar surface area (TPSA) is 98.4 Å². The van der Waals surface area contributed by atoms with E-state index >= 15 is 0 Å². The number of ether oxygens (including phenoxy) is 4. The Balaban J connectivity index is 1.83. The number of alkyl carbamates (subject to hydrolysis) is 1. The fraction of sp³-hybridized carbons (Fsp3) is 0.667. The molecule has 1 aromatic carbocycles. The average Bonchev–Trinajstić information content (AvgIpc) is 2.74. The number of nitrogens with one attached hydrogen (secondary N) is 2. The molecule has 1 unspecified atom stereocenters. The lowest BCUT2D eigenvalue weighted by atomic mass is 10.0. The maximum absolute atomic E-state index is 12.7. The lowest BCUT2D eigenvalue weighted by Gasteiger charge is -2.33. The van der Waals surface area contributed by atoms with E-state index in [9.17, 15) is 9.59 Å². The monoisotopic (exact) mass is 465 g/mol. The molecule has 1 aromatic rings. The van der Waals surface area contributed by atoms with Gasteiger partial charge in [0.15, 0.2) is 11.5 Å². The van der Waals surface area contributed by atoms with Gasteiger partial charge < -0.3 is 29.6 Å². The highest BCUT2D eigenvalue weighted by Crippen LogP contribution is 2.26. The van der Waals surface area contributed by atoms with E-state index in [0.29, 0.717) is 51.1 Å². The molecule has 9 nitrogen and oxygen atoms in total. The Morgan fingerprint density at radius 3 is 2.45 bits per heavy atom. The van der Waals surface area contributed by atoms with Crippen LogP contribution in [0.2, 0.25) is 0 Å². The maximum Gasteiger partial charge on any atom is 0.408 e. The third kappa shape index (κ3) is 9.47. The minimum atomic E-state index is -0.685. The van der Waals surface area contributed by atoms with E-state index in [-0.39, 0.29) is 17.9 Å². The van der Waals surface area contributed by atoms with Crippen LogP contribution in [0, 0.1) is 5.92 Å². The smallest absolute Gasteiger partial charge is 0.408 e. The zero-order chi connectivity index (χ0) is 24.4. The van der Waals surface area contributed by atoms with Crippen molar-refractivity contribution in [3.63, 3.8) is 0 Å². The van der Waals surface area contributed by atoms with Crippen LogP contribution in [0.25, 0.3) is 0 Å². The van der Waals surface area contributed by atoms with Gasteiger partial charge in [-0.15, -0.1) is 0 Å². The number of hydrogen-bond donors (Lipinski definition) is 2. The molecule has 1 aliphatic heterocycles. The number of rotatable bonds is 10. The summed E-state index contributed by atoms with van der Waals surface area (Å²) >= 11 is 0. The van der Waals surface area contributed by atoms with Crippen molar-refractivity contribution in [3.05, 3.63) is 24.3 Å². The molecular weight excluding hydrogens is 426 g/mol. The Kier molecular flexibility index (Phi) is 10.2. The molecule has 2 atom stereocenters. The molecule has 0 bridgehead atoms. The van der Waals surface area contributed by atoms with Crippen molar-refractivity contribution < 1.29 is 28.5 Å². The molecule has 186 valence electrons. The molecule has 1 fully saturated rings. The van der Waals surface area contributed by atoms with E-state index in [2.05, 4.69) is 15.5 Å². The van der Waals surface area contributed by atoms with Gasteiger partial charge >= 0.3 is 6.09 Å². The molecule has 0 aliphatic carbocycles. The summed E-state index contributed by atoms with van der Waals surface area (Å²) in [5, 5.41) is 5.60. The van der Waals surface area contributed by atoms with Crippen LogP contribution in [0.5, 0.6) is 11.5 Å². The lowest BCUT2D eigenvalue weighted by molar-refractivity contribution is -0.125. The van der Waals surface area contributed by atoms with Gasteiger partial charge in [-0.05, 0) is 45.7 Å². The van der Waals surface area contributed by atoms with Gasteiger partial charge in [-0.3, -0.25) is 9.69 Å². The molecule has 1 aliphatic rings. The van der Waals surface area contributed by atoms with Crippen molar-refractivity contribution in [2.24, 2.45) is 5.92 Å². The summed E-state index contributed by atoms with van der Waals surface area (Å²) in [6.45, 7) is 14.2. The van der Waals surface area contributed by atoms with Crippen molar-refractivity contribution >= 4 is 12.0 Å². The zero-order valence-corrected chi connectivity index (χ0v) is 20.7. The highest BCUT2D eigenvalue weighted by molar-refractivity contribution is 5.85. The molecule has 9 heteroatoms. The number of hydrogen-bond acceptors (Lipinski definition) is 7. The van der Waals surface area contributed by atoms with Gasteiger partial charge in [0.1, 0.15) is 24.4 Å². The van der Waals surface area contributed by atoms with Gasteiger partial charge in [-0.1, -0.05) is 26.0 Å². The second-order valence-corrected chi connectivity index (χ2v) is 9.33. The van der Waals surface area contributed by atoms with Crippen LogP contribution >= 0.6 is 0 Å². The lowest BCUT2D eigenvalue weighted by Crippen LogP contribution is -2.54. The minimum absolute atomic E-state index is 0.0891. The first-order valence-corrected chi connectivity index (χ1v) is 11.5. The van der Waals surface area contributed by atoms with Crippen molar-refractivity contribution in [2.75, 3.05) is 39.6 Å². The van der Waals surface area contributed by atoms with Gasteiger partial charge in [-0.2, -0.15) is 0 Å². The van der Waals surface area contributed by atoms with E-state index in [1.54, 1.807) is 20.8 Å². The minimum Gasteiger partial charge on any atom is -0.490 e. The van der Waals surface area contributed by atoms with Gasteiger partial charge in [0, 0.05) is 13.1 Å². The Labute approximate surface area is 197 Å². The van der Waals surface area contributed by atoms with Gasteiger partial charge in [0.2, 0.25) is 5.91 Å². The normalized spacial score (nSPS) is 17.8. The van der Waals surface area contributed by atoms with Crippen LogP contribution in [0.4, 0.5) is 4.79 Å². The molecule has 0 radical (unpaired) electrons. The van der Waals surface area contributed by atoms with E-state index in [1.807, 2.05) is 45.0 Å². The van der Waals surface area contributed by atoms with Crippen LogP contribution in [0.3, 0.4) is 0 Å². The predicted octanol–water partition coefficient (Wildman–Crippen LogP) is 2.79. The van der Waals surface area contributed by atoms with Crippen molar-refractivity contribution in [3.8, 4) is 11.5 Å². The number of carbonyl (C=O) groups is 2. The van der Waals surface area contributed by atoms with Gasteiger partial charge in [0.25, 0.3) is 0 Å². The molecule has 2 N–H and O–H groups in total. The number of morpholine rings is 1. The van der Waals surface area contributed by atoms with Crippen molar-refractivity contribution in [2.45, 2.75) is 59.3 Å². The first-order valence-electron chi connectivity index (χ1n) is 11.5. The van der Waals surface area contributed by atoms with E-state index in [1.165, 1.54) is 0 Å². The number of amides is 2. The summed E-state index contributed by atoms with van der Waals surface area (Å²) in [6, 6.07) is 6.86. The van der Waals surface area contributed by atoms with Gasteiger partial charge in [0.05, 0.1) is 19.9 Å². The number of para-hydroxylation sites is 2. The Bertz CT molecular complexity index is 765. The highest BCUT2D eigenvalue weighted by atomic mass is 16.6. The summed E-state index contributed by atoms with van der Waals surface area (Å²) in [4.78, 5) is 27.0. The van der Waals surface area contributed by atoms with Crippen LogP contribution in [0.15, 0.2) is 24.3 Å². The van der Waals surface area contributed by atoms with Crippen molar-refractivity contribution in [1.82, 2.24) is 15.5 Å². The fourth-order valence-corrected chi connectivity index (χ4v) is 3.32.